The molecule has 2 amide bonds. The first-order valence-electron chi connectivity index (χ1n) is 8.49. The normalized spacial score (nSPS) is 21.8. The van der Waals surface area contributed by atoms with Crippen molar-refractivity contribution in [3.8, 4) is 0 Å². The Morgan fingerprint density at radius 2 is 2.00 bits per heavy atom. The zero-order valence-electron chi connectivity index (χ0n) is 13.6. The maximum Gasteiger partial charge on any atom is 0.252 e. The van der Waals surface area contributed by atoms with E-state index >= 15 is 0 Å². The lowest BCUT2D eigenvalue weighted by Gasteiger charge is -2.25. The molecule has 124 valence electrons. The number of amides is 2. The quantitative estimate of drug-likeness (QED) is 0.921. The maximum absolute atomic E-state index is 12.6. The fraction of sp³-hybridized carbons (Fsp3) is 0.647. The summed E-state index contributed by atoms with van der Waals surface area (Å²) < 4.78 is 0. The van der Waals surface area contributed by atoms with Crippen molar-refractivity contribution in [2.45, 2.75) is 57.9 Å². The van der Waals surface area contributed by atoms with Gasteiger partial charge in [-0.2, -0.15) is 0 Å². The minimum Gasteiger partial charge on any atom is -0.365 e. The van der Waals surface area contributed by atoms with Gasteiger partial charge in [-0.05, 0) is 38.5 Å². The molecule has 0 bridgehead atoms. The van der Waals surface area contributed by atoms with Crippen molar-refractivity contribution in [2.24, 2.45) is 11.7 Å². The minimum atomic E-state index is -0.519. The molecule has 1 aromatic rings. The summed E-state index contributed by atoms with van der Waals surface area (Å²) in [4.78, 5) is 34.6. The third-order valence-corrected chi connectivity index (χ3v) is 5.07. The third-order valence-electron chi connectivity index (χ3n) is 5.07. The van der Waals surface area contributed by atoms with Gasteiger partial charge in [-0.1, -0.05) is 12.8 Å². The van der Waals surface area contributed by atoms with Gasteiger partial charge in [0.25, 0.3) is 5.91 Å². The van der Waals surface area contributed by atoms with E-state index in [1.54, 1.807) is 6.92 Å². The Balaban J connectivity index is 1.74. The number of primary amides is 1. The number of rotatable bonds is 4. The van der Waals surface area contributed by atoms with Crippen molar-refractivity contribution in [1.29, 1.82) is 0 Å². The van der Waals surface area contributed by atoms with Gasteiger partial charge in [-0.3, -0.25) is 9.59 Å². The molecule has 2 aliphatic rings. The predicted octanol–water partition coefficient (Wildman–Crippen LogP) is 2.13. The van der Waals surface area contributed by atoms with Crippen molar-refractivity contribution in [2.75, 3.05) is 6.54 Å². The highest BCUT2D eigenvalue weighted by Gasteiger charge is 2.33. The van der Waals surface area contributed by atoms with Crippen LogP contribution < -0.4 is 5.73 Å². The number of hydrogen-bond donors (Lipinski definition) is 1. The summed E-state index contributed by atoms with van der Waals surface area (Å²) in [5.41, 5.74) is 6.23. The van der Waals surface area contributed by atoms with Crippen LogP contribution in [0.2, 0.25) is 0 Å². The van der Waals surface area contributed by atoms with Crippen molar-refractivity contribution in [1.82, 2.24) is 14.9 Å². The molecule has 6 nitrogen and oxygen atoms in total. The molecule has 6 heteroatoms. The average molecular weight is 316 g/mol. The number of likely N-dealkylation sites (tertiary alicyclic amines) is 1. The fourth-order valence-corrected chi connectivity index (χ4v) is 3.80. The molecule has 2 heterocycles. The van der Waals surface area contributed by atoms with E-state index in [9.17, 15) is 9.59 Å². The molecule has 0 spiro atoms. The van der Waals surface area contributed by atoms with Gasteiger partial charge in [0, 0.05) is 19.2 Å². The van der Waals surface area contributed by atoms with Gasteiger partial charge < -0.3 is 10.6 Å². The van der Waals surface area contributed by atoms with E-state index in [1.807, 2.05) is 4.90 Å². The number of hydrogen-bond acceptors (Lipinski definition) is 4. The molecule has 3 rings (SSSR count). The molecule has 2 fully saturated rings. The summed E-state index contributed by atoms with van der Waals surface area (Å²) >= 11 is 0. The zero-order valence-corrected chi connectivity index (χ0v) is 13.6. The Kier molecular flexibility index (Phi) is 4.59. The number of carbonyl (C=O) groups excluding carboxylic acids is 2. The second kappa shape index (κ2) is 6.64. The largest absolute Gasteiger partial charge is 0.365 e. The lowest BCUT2D eigenvalue weighted by Crippen LogP contribution is -2.32. The molecule has 0 radical (unpaired) electrons. The summed E-state index contributed by atoms with van der Waals surface area (Å²) in [5.74, 6) is 0.877. The van der Waals surface area contributed by atoms with E-state index in [1.165, 1.54) is 31.9 Å². The van der Waals surface area contributed by atoms with Gasteiger partial charge in [0.1, 0.15) is 0 Å². The maximum atomic E-state index is 12.6. The molecule has 1 atom stereocenters. The highest BCUT2D eigenvalue weighted by Crippen LogP contribution is 2.34. The van der Waals surface area contributed by atoms with Crippen molar-refractivity contribution < 1.29 is 9.59 Å². The number of nitrogens with two attached hydrogens (primary N) is 1. The van der Waals surface area contributed by atoms with Gasteiger partial charge in [0.2, 0.25) is 5.91 Å². The van der Waals surface area contributed by atoms with E-state index in [4.69, 9.17) is 5.73 Å². The Labute approximate surface area is 136 Å². The Morgan fingerprint density at radius 1 is 1.26 bits per heavy atom. The second-order valence-corrected chi connectivity index (χ2v) is 6.69. The zero-order chi connectivity index (χ0) is 16.4. The van der Waals surface area contributed by atoms with Gasteiger partial charge in [0.15, 0.2) is 5.82 Å². The number of carbonyl (C=O) groups is 2. The second-order valence-electron chi connectivity index (χ2n) is 6.69. The summed E-state index contributed by atoms with van der Waals surface area (Å²) in [7, 11) is 0. The van der Waals surface area contributed by atoms with Crippen LogP contribution in [0.25, 0.3) is 0 Å². The summed E-state index contributed by atoms with van der Waals surface area (Å²) in [6, 6.07) is -0.0653. The highest BCUT2D eigenvalue weighted by atomic mass is 16.2. The Morgan fingerprint density at radius 3 is 2.65 bits per heavy atom. The molecular weight excluding hydrogens is 292 g/mol. The van der Waals surface area contributed by atoms with E-state index in [-0.39, 0.29) is 11.9 Å². The van der Waals surface area contributed by atoms with Gasteiger partial charge in [0.05, 0.1) is 17.3 Å². The summed E-state index contributed by atoms with van der Waals surface area (Å²) in [6.07, 6.45) is 8.83. The molecule has 0 aromatic carbocycles. The van der Waals surface area contributed by atoms with Gasteiger partial charge in [-0.15, -0.1) is 0 Å². The lowest BCUT2D eigenvalue weighted by atomic mass is 10.0. The van der Waals surface area contributed by atoms with E-state index < -0.39 is 5.91 Å². The van der Waals surface area contributed by atoms with Crippen LogP contribution in [0.4, 0.5) is 0 Å². The van der Waals surface area contributed by atoms with Crippen molar-refractivity contribution in [3.63, 3.8) is 0 Å². The predicted molar refractivity (Wildman–Crippen MR) is 85.5 cm³/mol. The fourth-order valence-electron chi connectivity index (χ4n) is 3.80. The van der Waals surface area contributed by atoms with Crippen molar-refractivity contribution in [3.05, 3.63) is 23.3 Å². The van der Waals surface area contributed by atoms with Crippen molar-refractivity contribution >= 4 is 11.8 Å². The average Bonchev–Trinajstić information content (AvgIpc) is 3.17. The van der Waals surface area contributed by atoms with Gasteiger partial charge >= 0.3 is 0 Å². The smallest absolute Gasteiger partial charge is 0.252 e. The van der Waals surface area contributed by atoms with Crippen LogP contribution in [0.5, 0.6) is 0 Å². The van der Waals surface area contributed by atoms with Crippen LogP contribution in [0.15, 0.2) is 6.20 Å². The SMILES string of the molecule is Cc1nc([C@@H]2CCCN2C(=O)CC2CCCC2)ncc1C(N)=O. The van der Waals surface area contributed by atoms with Crippen LogP contribution in [0, 0.1) is 12.8 Å². The summed E-state index contributed by atoms with van der Waals surface area (Å²) in [5, 5.41) is 0. The molecule has 1 aliphatic carbocycles. The summed E-state index contributed by atoms with van der Waals surface area (Å²) in [6.45, 7) is 2.53. The first-order valence-corrected chi connectivity index (χ1v) is 8.49. The minimum absolute atomic E-state index is 0.0653. The first kappa shape index (κ1) is 15.9. The molecular formula is C17H24N4O2. The lowest BCUT2D eigenvalue weighted by molar-refractivity contribution is -0.133. The Bertz CT molecular complexity index is 611. The van der Waals surface area contributed by atoms with E-state index in [2.05, 4.69) is 9.97 Å². The monoisotopic (exact) mass is 316 g/mol. The molecule has 23 heavy (non-hydrogen) atoms. The van der Waals surface area contributed by atoms with Crippen LogP contribution in [0.1, 0.15) is 72.9 Å². The topological polar surface area (TPSA) is 89.2 Å². The van der Waals surface area contributed by atoms with E-state index in [0.29, 0.717) is 29.4 Å². The molecule has 1 saturated carbocycles. The molecule has 1 aliphatic heterocycles. The molecule has 1 aromatic heterocycles. The third kappa shape index (κ3) is 3.35. The highest BCUT2D eigenvalue weighted by molar-refractivity contribution is 5.93. The van der Waals surface area contributed by atoms with Crippen LogP contribution >= 0.6 is 0 Å². The van der Waals surface area contributed by atoms with Crippen LogP contribution in [-0.4, -0.2) is 33.2 Å². The standard InChI is InChI=1S/C17H24N4O2/c1-11-13(16(18)23)10-19-17(20-11)14-7-4-8-21(14)15(22)9-12-5-2-3-6-12/h10,12,14H,2-9H2,1H3,(H2,18,23)/t14-/m0/s1. The first-order chi connectivity index (χ1) is 11.1. The molecule has 0 unspecified atom stereocenters. The Hall–Kier alpha value is -1.98. The van der Waals surface area contributed by atoms with Gasteiger partial charge in [-0.25, -0.2) is 9.97 Å². The van der Waals surface area contributed by atoms with Crippen LogP contribution in [-0.2, 0) is 4.79 Å². The number of aryl methyl sites for hydroxylation is 1. The number of nitrogens with zero attached hydrogens (tertiary/aromatic N) is 3. The molecule has 2 N–H and O–H groups in total. The van der Waals surface area contributed by atoms with Crippen LogP contribution in [0.3, 0.4) is 0 Å². The van der Waals surface area contributed by atoms with E-state index in [0.717, 1.165) is 19.4 Å². The molecule has 1 saturated heterocycles. The number of aromatic nitrogens is 2.